The van der Waals surface area contributed by atoms with Gasteiger partial charge in [0, 0.05) is 12.6 Å². The van der Waals surface area contributed by atoms with Gasteiger partial charge in [-0.1, -0.05) is 6.42 Å². The maximum atomic E-state index is 6.04. The monoisotopic (exact) mass is 431 g/mol. The predicted octanol–water partition coefficient (Wildman–Crippen LogP) is 3.48. The Morgan fingerprint density at radius 3 is 2.70 bits per heavy atom. The number of rotatable bonds is 5. The van der Waals surface area contributed by atoms with Gasteiger partial charge in [-0.05, 0) is 49.1 Å². The quantitative estimate of drug-likeness (QED) is 0.426. The van der Waals surface area contributed by atoms with Gasteiger partial charge in [-0.15, -0.1) is 24.0 Å². The Balaban J connectivity index is 0.00000192. The first kappa shape index (κ1) is 18.2. The number of aliphatic imine (C=N–C) groups is 1. The van der Waals surface area contributed by atoms with Gasteiger partial charge in [-0.3, -0.25) is 4.99 Å². The van der Waals surface area contributed by atoms with Crippen molar-refractivity contribution in [3.63, 3.8) is 0 Å². The van der Waals surface area contributed by atoms with Gasteiger partial charge in [0.15, 0.2) is 5.96 Å². The number of guanidine groups is 1. The molecule has 0 aromatic heterocycles. The van der Waals surface area contributed by atoms with Crippen molar-refractivity contribution in [1.29, 1.82) is 0 Å². The lowest BCUT2D eigenvalue weighted by Gasteiger charge is -2.19. The minimum absolute atomic E-state index is 0. The third-order valence-electron chi connectivity index (χ3n) is 5.05. The van der Waals surface area contributed by atoms with Crippen LogP contribution < -0.4 is 20.5 Å². The Hall–Kier alpha value is -1.18. The fourth-order valence-corrected chi connectivity index (χ4v) is 3.90. The van der Waals surface area contributed by atoms with E-state index >= 15 is 0 Å². The molecule has 6 heteroatoms. The predicted molar refractivity (Wildman–Crippen MR) is 104 cm³/mol. The van der Waals surface area contributed by atoms with Gasteiger partial charge in [0.1, 0.15) is 11.5 Å². The Bertz CT molecular complexity index is 565. The zero-order chi connectivity index (χ0) is 15.5. The highest BCUT2D eigenvalue weighted by molar-refractivity contribution is 14.0. The first-order valence-electron chi connectivity index (χ1n) is 7.98. The molecule has 2 aliphatic rings. The molecule has 3 unspecified atom stereocenters. The second-order valence-electron chi connectivity index (χ2n) is 6.35. The van der Waals surface area contributed by atoms with Crippen molar-refractivity contribution in [2.24, 2.45) is 28.5 Å². The van der Waals surface area contributed by atoms with Crippen LogP contribution in [0.4, 0.5) is 5.69 Å². The maximum Gasteiger partial charge on any atom is 0.193 e. The van der Waals surface area contributed by atoms with Gasteiger partial charge < -0.3 is 20.5 Å². The maximum absolute atomic E-state index is 6.04. The second-order valence-corrected chi connectivity index (χ2v) is 6.35. The molecular formula is C17H26IN3O2. The summed E-state index contributed by atoms with van der Waals surface area (Å²) in [6.07, 6.45) is 5.52. The number of ether oxygens (including phenoxy) is 2. The van der Waals surface area contributed by atoms with Crippen molar-refractivity contribution in [1.82, 2.24) is 0 Å². The van der Waals surface area contributed by atoms with Crippen LogP contribution in [-0.4, -0.2) is 26.7 Å². The fraction of sp³-hybridized carbons (Fsp3) is 0.588. The van der Waals surface area contributed by atoms with E-state index in [2.05, 4.69) is 10.3 Å². The molecule has 3 atom stereocenters. The lowest BCUT2D eigenvalue weighted by molar-refractivity contribution is 0.342. The molecule has 2 saturated carbocycles. The molecule has 5 nitrogen and oxygen atoms in total. The SMILES string of the molecule is COc1ccc(OC)c(NC(N)=NCC2CC3CCC2C3)c1.I. The molecule has 0 spiro atoms. The largest absolute Gasteiger partial charge is 0.497 e. The molecule has 0 heterocycles. The van der Waals surface area contributed by atoms with Crippen molar-refractivity contribution < 1.29 is 9.47 Å². The third-order valence-corrected chi connectivity index (χ3v) is 5.05. The van der Waals surface area contributed by atoms with E-state index in [9.17, 15) is 0 Å². The number of nitrogens with two attached hydrogens (primary N) is 1. The minimum Gasteiger partial charge on any atom is -0.497 e. The van der Waals surface area contributed by atoms with Crippen molar-refractivity contribution >= 4 is 35.6 Å². The summed E-state index contributed by atoms with van der Waals surface area (Å²) in [5.74, 6) is 4.44. The Morgan fingerprint density at radius 2 is 2.09 bits per heavy atom. The van der Waals surface area contributed by atoms with Crippen molar-refractivity contribution in [2.45, 2.75) is 25.7 Å². The average Bonchev–Trinajstić information content (AvgIpc) is 3.15. The van der Waals surface area contributed by atoms with Crippen LogP contribution in [-0.2, 0) is 0 Å². The van der Waals surface area contributed by atoms with E-state index in [1.807, 2.05) is 18.2 Å². The summed E-state index contributed by atoms with van der Waals surface area (Å²) in [4.78, 5) is 4.54. The van der Waals surface area contributed by atoms with Gasteiger partial charge in [0.05, 0.1) is 19.9 Å². The van der Waals surface area contributed by atoms with Gasteiger partial charge in [-0.2, -0.15) is 0 Å². The summed E-state index contributed by atoms with van der Waals surface area (Å²) in [6, 6.07) is 5.57. The Kier molecular flexibility index (Phi) is 6.38. The van der Waals surface area contributed by atoms with Crippen molar-refractivity contribution in [3.8, 4) is 11.5 Å². The fourth-order valence-electron chi connectivity index (χ4n) is 3.90. The number of hydrogen-bond donors (Lipinski definition) is 2. The van der Waals surface area contributed by atoms with Crippen LogP contribution in [0.3, 0.4) is 0 Å². The first-order chi connectivity index (χ1) is 10.7. The van der Waals surface area contributed by atoms with E-state index in [4.69, 9.17) is 15.2 Å². The van der Waals surface area contributed by atoms with E-state index in [1.165, 1.54) is 25.7 Å². The molecule has 0 radical (unpaired) electrons. The van der Waals surface area contributed by atoms with Crippen LogP contribution in [0, 0.1) is 17.8 Å². The summed E-state index contributed by atoms with van der Waals surface area (Å²) in [5.41, 5.74) is 6.81. The molecule has 3 rings (SSSR count). The lowest BCUT2D eigenvalue weighted by atomic mass is 9.89. The number of halogens is 1. The van der Waals surface area contributed by atoms with Gasteiger partial charge in [-0.25, -0.2) is 0 Å². The number of nitrogens with one attached hydrogen (secondary N) is 1. The summed E-state index contributed by atoms with van der Waals surface area (Å²) in [5, 5.41) is 3.13. The van der Waals surface area contributed by atoms with Crippen molar-refractivity contribution in [2.75, 3.05) is 26.1 Å². The summed E-state index contributed by atoms with van der Waals surface area (Å²) in [6.45, 7) is 0.826. The van der Waals surface area contributed by atoms with E-state index < -0.39 is 0 Å². The summed E-state index contributed by atoms with van der Waals surface area (Å²) < 4.78 is 10.6. The van der Waals surface area contributed by atoms with Crippen molar-refractivity contribution in [3.05, 3.63) is 18.2 Å². The number of nitrogens with zero attached hydrogens (tertiary/aromatic N) is 1. The Morgan fingerprint density at radius 1 is 1.26 bits per heavy atom. The zero-order valence-electron chi connectivity index (χ0n) is 13.7. The van der Waals surface area contributed by atoms with E-state index in [0.29, 0.717) is 11.9 Å². The third kappa shape index (κ3) is 4.22. The average molecular weight is 431 g/mol. The van der Waals surface area contributed by atoms with Gasteiger partial charge in [0.25, 0.3) is 0 Å². The summed E-state index contributed by atoms with van der Waals surface area (Å²) in [7, 11) is 3.27. The molecule has 3 N–H and O–H groups in total. The Labute approximate surface area is 155 Å². The molecular weight excluding hydrogens is 405 g/mol. The molecule has 2 fully saturated rings. The van der Waals surface area contributed by atoms with Crippen LogP contribution in [0.15, 0.2) is 23.2 Å². The van der Waals surface area contributed by atoms with Crippen LogP contribution in [0.1, 0.15) is 25.7 Å². The molecule has 0 saturated heterocycles. The topological polar surface area (TPSA) is 68.9 Å². The van der Waals surface area contributed by atoms with E-state index in [0.717, 1.165) is 35.6 Å². The van der Waals surface area contributed by atoms with Gasteiger partial charge >= 0.3 is 0 Å². The lowest BCUT2D eigenvalue weighted by Crippen LogP contribution is -2.25. The molecule has 2 aliphatic carbocycles. The molecule has 23 heavy (non-hydrogen) atoms. The number of fused-ring (bicyclic) bond motifs is 2. The molecule has 0 amide bonds. The summed E-state index contributed by atoms with van der Waals surface area (Å²) >= 11 is 0. The van der Waals surface area contributed by atoms with Crippen LogP contribution in [0.25, 0.3) is 0 Å². The normalized spacial score (nSPS) is 25.8. The highest BCUT2D eigenvalue weighted by atomic mass is 127. The minimum atomic E-state index is 0. The molecule has 128 valence electrons. The molecule has 1 aromatic rings. The number of hydrogen-bond acceptors (Lipinski definition) is 3. The molecule has 1 aromatic carbocycles. The molecule has 0 aliphatic heterocycles. The number of benzene rings is 1. The zero-order valence-corrected chi connectivity index (χ0v) is 16.1. The van der Waals surface area contributed by atoms with E-state index in [1.54, 1.807) is 14.2 Å². The van der Waals surface area contributed by atoms with E-state index in [-0.39, 0.29) is 24.0 Å². The van der Waals surface area contributed by atoms with Crippen LogP contribution >= 0.6 is 24.0 Å². The first-order valence-corrected chi connectivity index (χ1v) is 7.98. The molecule has 2 bridgehead atoms. The van der Waals surface area contributed by atoms with Crippen LogP contribution in [0.5, 0.6) is 11.5 Å². The highest BCUT2D eigenvalue weighted by Gasteiger charge is 2.39. The standard InChI is InChI=1S/C17H25N3O2.HI/c1-21-14-5-6-16(22-2)15(9-14)20-17(18)19-10-13-8-11-3-4-12(13)7-11;/h5-6,9,11-13H,3-4,7-8,10H2,1-2H3,(H3,18,19,20);1H. The van der Waals surface area contributed by atoms with Crippen LogP contribution in [0.2, 0.25) is 0 Å². The van der Waals surface area contributed by atoms with Gasteiger partial charge in [0.2, 0.25) is 0 Å². The second kappa shape index (κ2) is 8.08. The number of anilines is 1. The highest BCUT2D eigenvalue weighted by Crippen LogP contribution is 2.48. The smallest absolute Gasteiger partial charge is 0.193 e. The number of methoxy groups -OCH3 is 2.